The highest BCUT2D eigenvalue weighted by Gasteiger charge is 2.42. The fraction of sp³-hybridized carbons (Fsp3) is 0.500. The van der Waals surface area contributed by atoms with E-state index < -0.39 is 0 Å². The lowest BCUT2D eigenvalue weighted by molar-refractivity contribution is 0.407. The van der Waals surface area contributed by atoms with E-state index in [4.69, 9.17) is 4.98 Å². The van der Waals surface area contributed by atoms with Crippen molar-refractivity contribution < 1.29 is 0 Å². The molecule has 0 radical (unpaired) electrons. The van der Waals surface area contributed by atoms with Crippen LogP contribution in [0.25, 0.3) is 0 Å². The van der Waals surface area contributed by atoms with Crippen molar-refractivity contribution in [2.45, 2.75) is 51.5 Å². The van der Waals surface area contributed by atoms with Crippen LogP contribution in [0.5, 0.6) is 0 Å². The summed E-state index contributed by atoms with van der Waals surface area (Å²) >= 11 is 1.95. The van der Waals surface area contributed by atoms with Gasteiger partial charge in [-0.1, -0.05) is 30.7 Å². The number of nitrogens with zero attached hydrogens (tertiary/aromatic N) is 1. The maximum absolute atomic E-state index is 5.05. The van der Waals surface area contributed by atoms with Crippen LogP contribution in [0.3, 0.4) is 0 Å². The van der Waals surface area contributed by atoms with Crippen molar-refractivity contribution >= 4 is 11.3 Å². The van der Waals surface area contributed by atoms with E-state index >= 15 is 0 Å². The molecule has 21 heavy (non-hydrogen) atoms. The van der Waals surface area contributed by atoms with E-state index in [1.807, 2.05) is 11.3 Å². The first-order valence-corrected chi connectivity index (χ1v) is 8.88. The average Bonchev–Trinajstić information content (AvgIpc) is 3.12. The predicted molar refractivity (Wildman–Crippen MR) is 88.1 cm³/mol. The highest BCUT2D eigenvalue weighted by Crippen LogP contribution is 2.45. The summed E-state index contributed by atoms with van der Waals surface area (Å²) in [5.74, 6) is 0. The molecule has 2 aliphatic carbocycles. The Balaban J connectivity index is 1.86. The van der Waals surface area contributed by atoms with Crippen molar-refractivity contribution in [3.63, 3.8) is 0 Å². The van der Waals surface area contributed by atoms with Crippen molar-refractivity contribution in [2.75, 3.05) is 6.54 Å². The highest BCUT2D eigenvalue weighted by atomic mass is 32.1. The molecule has 1 aromatic heterocycles. The third-order valence-electron chi connectivity index (χ3n) is 4.93. The van der Waals surface area contributed by atoms with Crippen LogP contribution >= 0.6 is 11.3 Å². The maximum Gasteiger partial charge on any atom is 0.118 e. The van der Waals surface area contributed by atoms with Crippen molar-refractivity contribution in [3.05, 3.63) is 50.5 Å². The Kier molecular flexibility index (Phi) is 3.16. The largest absolute Gasteiger partial charge is 0.302 e. The zero-order valence-corrected chi connectivity index (χ0v) is 13.6. The molecule has 0 aliphatic heterocycles. The molecule has 0 saturated heterocycles. The standard InChI is InChI=1S/C18H22N2S/c1-3-19-18(17-20-15-5-4-6-16(15)21-17)10-9-13-8-7-12(2)11-14(13)18/h7-8,11,19H,3-6,9-10H2,1-2H3. The maximum atomic E-state index is 5.05. The number of hydrogen-bond donors (Lipinski definition) is 1. The minimum absolute atomic E-state index is 0.0366. The normalized spacial score (nSPS) is 23.3. The van der Waals surface area contributed by atoms with Gasteiger partial charge in [0.2, 0.25) is 0 Å². The van der Waals surface area contributed by atoms with E-state index in [0.717, 1.165) is 19.4 Å². The Labute approximate surface area is 130 Å². The summed E-state index contributed by atoms with van der Waals surface area (Å²) in [5, 5.41) is 5.10. The lowest BCUT2D eigenvalue weighted by Crippen LogP contribution is -2.41. The Bertz CT molecular complexity index is 663. The second kappa shape index (κ2) is 4.92. The van der Waals surface area contributed by atoms with Crippen molar-refractivity contribution in [2.24, 2.45) is 0 Å². The van der Waals surface area contributed by atoms with Crippen molar-refractivity contribution in [1.29, 1.82) is 0 Å². The van der Waals surface area contributed by atoms with Crippen LogP contribution in [0, 0.1) is 6.92 Å². The van der Waals surface area contributed by atoms with Gasteiger partial charge in [-0.25, -0.2) is 4.98 Å². The number of thiazole rings is 1. The number of aromatic nitrogens is 1. The third kappa shape index (κ3) is 1.98. The van der Waals surface area contributed by atoms with Gasteiger partial charge in [-0.3, -0.25) is 0 Å². The monoisotopic (exact) mass is 298 g/mol. The molecule has 110 valence electrons. The molecule has 0 spiro atoms. The number of aryl methyl sites for hydroxylation is 4. The Morgan fingerprint density at radius 2 is 2.19 bits per heavy atom. The minimum Gasteiger partial charge on any atom is -0.302 e. The molecule has 1 heterocycles. The molecule has 2 nitrogen and oxygen atoms in total. The molecule has 0 bridgehead atoms. The third-order valence-corrected chi connectivity index (χ3v) is 6.25. The fourth-order valence-corrected chi connectivity index (χ4v) is 5.28. The summed E-state index contributed by atoms with van der Waals surface area (Å²) in [6, 6.07) is 6.92. The first kappa shape index (κ1) is 13.5. The van der Waals surface area contributed by atoms with Gasteiger partial charge in [-0.2, -0.15) is 0 Å². The molecule has 1 atom stereocenters. The van der Waals surface area contributed by atoms with E-state index in [0.29, 0.717) is 0 Å². The molecule has 2 aromatic rings. The Morgan fingerprint density at radius 3 is 3.00 bits per heavy atom. The van der Waals surface area contributed by atoms with Crippen LogP contribution in [0.1, 0.15) is 52.0 Å². The number of benzene rings is 1. The molecule has 0 fully saturated rings. The number of hydrogen-bond acceptors (Lipinski definition) is 3. The van der Waals surface area contributed by atoms with Gasteiger partial charge in [0.25, 0.3) is 0 Å². The van der Waals surface area contributed by atoms with Crippen LogP contribution < -0.4 is 5.32 Å². The quantitative estimate of drug-likeness (QED) is 0.933. The van der Waals surface area contributed by atoms with Gasteiger partial charge < -0.3 is 5.32 Å². The summed E-state index contributed by atoms with van der Waals surface area (Å²) in [6.07, 6.45) is 6.00. The molecule has 1 aromatic carbocycles. The summed E-state index contributed by atoms with van der Waals surface area (Å²) in [6.45, 7) is 5.38. The topological polar surface area (TPSA) is 24.9 Å². The van der Waals surface area contributed by atoms with Crippen molar-refractivity contribution in [3.8, 4) is 0 Å². The number of rotatable bonds is 3. The van der Waals surface area contributed by atoms with Crippen LogP contribution in [0.4, 0.5) is 0 Å². The zero-order chi connectivity index (χ0) is 14.4. The van der Waals surface area contributed by atoms with Gasteiger partial charge >= 0.3 is 0 Å². The Morgan fingerprint density at radius 1 is 1.29 bits per heavy atom. The first-order chi connectivity index (χ1) is 10.2. The number of nitrogens with one attached hydrogen (secondary N) is 1. The van der Waals surface area contributed by atoms with E-state index in [1.54, 1.807) is 0 Å². The smallest absolute Gasteiger partial charge is 0.118 e. The molecule has 4 rings (SSSR count). The fourth-order valence-electron chi connectivity index (χ4n) is 3.92. The lowest BCUT2D eigenvalue weighted by Gasteiger charge is -2.30. The van der Waals surface area contributed by atoms with E-state index in [1.165, 1.54) is 51.5 Å². The summed E-state index contributed by atoms with van der Waals surface area (Å²) in [4.78, 5) is 6.58. The van der Waals surface area contributed by atoms with Gasteiger partial charge in [0, 0.05) is 4.88 Å². The van der Waals surface area contributed by atoms with Gasteiger partial charge in [-0.15, -0.1) is 11.3 Å². The number of fused-ring (bicyclic) bond motifs is 2. The van der Waals surface area contributed by atoms with E-state index in [-0.39, 0.29) is 5.54 Å². The van der Waals surface area contributed by atoms with Gasteiger partial charge in [0.15, 0.2) is 0 Å². The van der Waals surface area contributed by atoms with Crippen LogP contribution in [0.15, 0.2) is 18.2 Å². The molecule has 2 aliphatic rings. The molecular weight excluding hydrogens is 276 g/mol. The van der Waals surface area contributed by atoms with E-state index in [9.17, 15) is 0 Å². The SMILES string of the molecule is CCNC1(c2nc3c(s2)CCC3)CCc2ccc(C)cc21. The van der Waals surface area contributed by atoms with Crippen molar-refractivity contribution in [1.82, 2.24) is 10.3 Å². The molecule has 0 saturated carbocycles. The molecule has 3 heteroatoms. The molecular formula is C18H22N2S. The Hall–Kier alpha value is -1.19. The second-order valence-corrected chi connectivity index (χ2v) is 7.42. The van der Waals surface area contributed by atoms with Crippen LogP contribution in [0.2, 0.25) is 0 Å². The minimum atomic E-state index is -0.0366. The molecule has 1 unspecified atom stereocenters. The summed E-state index contributed by atoms with van der Waals surface area (Å²) in [7, 11) is 0. The predicted octanol–water partition coefficient (Wildman–Crippen LogP) is 3.74. The average molecular weight is 298 g/mol. The first-order valence-electron chi connectivity index (χ1n) is 8.07. The van der Waals surface area contributed by atoms with Crippen LogP contribution in [-0.4, -0.2) is 11.5 Å². The van der Waals surface area contributed by atoms with Gasteiger partial charge in [0.05, 0.1) is 11.2 Å². The summed E-state index contributed by atoms with van der Waals surface area (Å²) < 4.78 is 0. The highest BCUT2D eigenvalue weighted by molar-refractivity contribution is 7.12. The van der Waals surface area contributed by atoms with Gasteiger partial charge in [0.1, 0.15) is 5.01 Å². The summed E-state index contributed by atoms with van der Waals surface area (Å²) in [5.41, 5.74) is 5.65. The molecule has 0 amide bonds. The second-order valence-electron chi connectivity index (χ2n) is 6.34. The van der Waals surface area contributed by atoms with Crippen LogP contribution in [-0.2, 0) is 24.8 Å². The van der Waals surface area contributed by atoms with E-state index in [2.05, 4.69) is 37.4 Å². The molecule has 1 N–H and O–H groups in total. The van der Waals surface area contributed by atoms with Gasteiger partial charge in [-0.05, 0) is 56.7 Å². The zero-order valence-electron chi connectivity index (χ0n) is 12.8. The lowest BCUT2D eigenvalue weighted by atomic mass is 9.91.